The van der Waals surface area contributed by atoms with Crippen LogP contribution in [-0.4, -0.2) is 77.0 Å². The molecule has 3 N–H and O–H groups in total. The van der Waals surface area contributed by atoms with Crippen molar-refractivity contribution >= 4 is 62.6 Å². The van der Waals surface area contributed by atoms with E-state index in [9.17, 15) is 14.4 Å². The zero-order chi connectivity index (χ0) is 41.1. The van der Waals surface area contributed by atoms with Gasteiger partial charge in [-0.3, -0.25) is 0 Å². The SMILES string of the molecule is O[Si](O[Si]1(C2CCCCC2)O[Si](O)(C2CCCCC2)O[Si]2(C3CCCCC3)O[Si](C3CCCCC3)(O[Si](C3CCCCC3)O[Si@@](O)(C3CCCCC3)O2)O1)C1CCCCC1. The molecule has 4 unspecified atom stereocenters. The summed E-state index contributed by atoms with van der Waals surface area (Å²) in [6, 6.07) is 0. The fourth-order valence-corrected chi connectivity index (χ4v) is 49.1. The second-order valence-corrected chi connectivity index (χ2v) is 40.6. The van der Waals surface area contributed by atoms with Gasteiger partial charge in [-0.2, -0.15) is 0 Å². The molecule has 7 aliphatic carbocycles. The highest BCUT2D eigenvalue weighted by Gasteiger charge is 2.77. The molecule has 0 aromatic carbocycles. The van der Waals surface area contributed by atoms with E-state index >= 15 is 0 Å². The molecule has 2 bridgehead atoms. The lowest BCUT2D eigenvalue weighted by Gasteiger charge is -2.58. The minimum atomic E-state index is -4.31. The van der Waals surface area contributed by atoms with Crippen LogP contribution in [0.5, 0.6) is 0 Å². The molecule has 7 saturated carbocycles. The van der Waals surface area contributed by atoms with E-state index in [0.29, 0.717) is 0 Å². The Morgan fingerprint density at radius 2 is 0.783 bits per heavy atom. The van der Waals surface area contributed by atoms with Crippen molar-refractivity contribution in [3.63, 3.8) is 0 Å². The summed E-state index contributed by atoms with van der Waals surface area (Å²) in [6.07, 6.45) is 35.6. The van der Waals surface area contributed by atoms with Crippen LogP contribution >= 0.6 is 0 Å². The van der Waals surface area contributed by atoms with Gasteiger partial charge >= 0.3 is 62.6 Å². The monoisotopic (exact) mass is 956 g/mol. The van der Waals surface area contributed by atoms with Crippen molar-refractivity contribution in [2.45, 2.75) is 264 Å². The summed E-state index contributed by atoms with van der Waals surface area (Å²) in [4.78, 5) is 40.0. The van der Waals surface area contributed by atoms with E-state index in [-0.39, 0.29) is 38.8 Å². The number of rotatable bonds is 9. The largest absolute Gasteiger partial charge is 0.486 e. The molecule has 0 aromatic heterocycles. The van der Waals surface area contributed by atoms with Crippen LogP contribution in [0, 0.1) is 0 Å². The van der Waals surface area contributed by atoms with Crippen molar-refractivity contribution in [1.82, 2.24) is 0 Å². The lowest BCUT2D eigenvalue weighted by atomic mass is 10.0. The molecule has 9 fully saturated rings. The van der Waals surface area contributed by atoms with Gasteiger partial charge in [0.15, 0.2) is 0 Å². The molecule has 60 heavy (non-hydrogen) atoms. The summed E-state index contributed by atoms with van der Waals surface area (Å²) in [6.45, 7) is 0. The molecule has 2 radical (unpaired) electrons. The lowest BCUT2D eigenvalue weighted by molar-refractivity contribution is 0.0215. The molecule has 2 saturated heterocycles. The van der Waals surface area contributed by atoms with E-state index in [1.807, 2.05) is 0 Å². The van der Waals surface area contributed by atoms with Crippen LogP contribution in [0.25, 0.3) is 0 Å². The zero-order valence-corrected chi connectivity index (χ0v) is 43.9. The molecule has 2 heterocycles. The molecule has 11 nitrogen and oxygen atoms in total. The minimum absolute atomic E-state index is 0.0158. The lowest BCUT2D eigenvalue weighted by Crippen LogP contribution is -2.80. The second kappa shape index (κ2) is 20.5. The Labute approximate surface area is 371 Å². The summed E-state index contributed by atoms with van der Waals surface area (Å²) in [5.74, 6) is 0. The molecule has 9 aliphatic rings. The van der Waals surface area contributed by atoms with Gasteiger partial charge in [0.25, 0.3) is 0 Å². The van der Waals surface area contributed by atoms with Gasteiger partial charge in [0.2, 0.25) is 0 Å². The first-order valence-electron chi connectivity index (χ1n) is 25.7. The summed E-state index contributed by atoms with van der Waals surface area (Å²) in [7, 11) is -25.2. The van der Waals surface area contributed by atoms with Gasteiger partial charge in [-0.05, 0) is 89.9 Å². The van der Waals surface area contributed by atoms with Crippen LogP contribution in [0.15, 0.2) is 0 Å². The normalized spacial score (nSPS) is 40.8. The molecule has 0 aromatic rings. The Morgan fingerprint density at radius 1 is 0.383 bits per heavy atom. The first-order chi connectivity index (χ1) is 29.2. The van der Waals surface area contributed by atoms with E-state index < -0.39 is 62.6 Å². The van der Waals surface area contributed by atoms with Crippen LogP contribution in [0.4, 0.5) is 0 Å². The maximum absolute atomic E-state index is 13.9. The van der Waals surface area contributed by atoms with E-state index in [1.54, 1.807) is 0 Å². The van der Waals surface area contributed by atoms with E-state index in [0.717, 1.165) is 205 Å². The first-order valence-corrected chi connectivity index (χ1v) is 37.6. The van der Waals surface area contributed by atoms with Gasteiger partial charge in [-0.1, -0.05) is 135 Å². The van der Waals surface area contributed by atoms with Gasteiger partial charge in [0.1, 0.15) is 0 Å². The third-order valence-electron chi connectivity index (χ3n) is 16.6. The molecule has 342 valence electrons. The zero-order valence-electron chi connectivity index (χ0n) is 36.9. The Kier molecular flexibility index (Phi) is 15.8. The summed E-state index contributed by atoms with van der Waals surface area (Å²) in [5, 5.41) is 0. The maximum Gasteiger partial charge on any atom is 0.486 e. The predicted octanol–water partition coefficient (Wildman–Crippen LogP) is 11.1. The Balaban J connectivity index is 1.25. The Hall–Kier alpha value is 1.08. The van der Waals surface area contributed by atoms with Crippen molar-refractivity contribution in [1.29, 1.82) is 0 Å². The second-order valence-electron chi connectivity index (χ2n) is 20.9. The first kappa shape index (κ1) is 46.2. The van der Waals surface area contributed by atoms with Crippen LogP contribution in [-0.2, 0) is 32.9 Å². The molecule has 18 heteroatoms. The van der Waals surface area contributed by atoms with Crippen LogP contribution in [0.2, 0.25) is 38.8 Å². The van der Waals surface area contributed by atoms with Gasteiger partial charge in [0.05, 0.1) is 0 Å². The van der Waals surface area contributed by atoms with Crippen LogP contribution in [0.1, 0.15) is 225 Å². The van der Waals surface area contributed by atoms with Gasteiger partial charge < -0.3 is 47.3 Å². The van der Waals surface area contributed by atoms with Crippen LogP contribution in [0.3, 0.4) is 0 Å². The summed E-state index contributed by atoms with van der Waals surface area (Å²) < 4.78 is 62.9. The Bertz CT molecular complexity index is 1350. The molecule has 0 spiro atoms. The molecular formula is C42H80O11Si7. The molecule has 9 rings (SSSR count). The van der Waals surface area contributed by atoms with Gasteiger partial charge in [-0.25, -0.2) is 0 Å². The highest BCUT2D eigenvalue weighted by atomic mass is 28.6. The predicted molar refractivity (Wildman–Crippen MR) is 243 cm³/mol. The van der Waals surface area contributed by atoms with E-state index in [4.69, 9.17) is 32.9 Å². The van der Waals surface area contributed by atoms with E-state index in [2.05, 4.69) is 0 Å². The topological polar surface area (TPSA) is 135 Å². The molecule has 2 aliphatic heterocycles. The molecular weight excluding hydrogens is 877 g/mol. The average Bonchev–Trinajstić information content (AvgIpc) is 3.29. The van der Waals surface area contributed by atoms with Crippen molar-refractivity contribution in [2.75, 3.05) is 0 Å². The Morgan fingerprint density at radius 3 is 1.30 bits per heavy atom. The van der Waals surface area contributed by atoms with Gasteiger partial charge in [0, 0.05) is 38.8 Å². The third-order valence-corrected chi connectivity index (χ3v) is 44.5. The van der Waals surface area contributed by atoms with E-state index in [1.165, 1.54) is 19.3 Å². The molecule has 0 amide bonds. The smallest absolute Gasteiger partial charge is 0.410 e. The number of hydrogen-bond acceptors (Lipinski definition) is 11. The number of fused-ring (bicyclic) bond motifs is 2. The standard InChI is InChI=1S/C42H80O11Si7/c43-54(36-22-8-1-9-23-36)46-58(40-30-16-5-17-31-40)50-57(45,39-28-14-4-15-29-39)51-60(42-34-20-7-21-35-42)49-56(44,38-26-12-3-13-27-38)47-55(37-24-10-2-11-25-37)48-59(52-58,53-60)41-32-18-6-19-33-41/h36-45H,1-35H2/t56-,57?,58?,59?,60?/m0/s1. The summed E-state index contributed by atoms with van der Waals surface area (Å²) in [5.41, 5.74) is -0.243. The van der Waals surface area contributed by atoms with Crippen molar-refractivity contribution in [3.05, 3.63) is 0 Å². The fourth-order valence-electron chi connectivity index (χ4n) is 13.0. The average molecular weight is 958 g/mol. The van der Waals surface area contributed by atoms with Gasteiger partial charge in [-0.15, -0.1) is 0 Å². The number of hydrogen-bond donors (Lipinski definition) is 3. The maximum atomic E-state index is 13.9. The third kappa shape index (κ3) is 10.2. The molecule has 5 atom stereocenters. The van der Waals surface area contributed by atoms with Crippen molar-refractivity contribution in [2.24, 2.45) is 0 Å². The van der Waals surface area contributed by atoms with Crippen molar-refractivity contribution < 1.29 is 47.3 Å². The van der Waals surface area contributed by atoms with Crippen LogP contribution < -0.4 is 0 Å². The summed E-state index contributed by atoms with van der Waals surface area (Å²) >= 11 is 0. The quantitative estimate of drug-likeness (QED) is 0.191. The fraction of sp³-hybridized carbons (Fsp3) is 1.00. The minimum Gasteiger partial charge on any atom is -0.410 e. The highest BCUT2D eigenvalue weighted by molar-refractivity contribution is 6.95. The highest BCUT2D eigenvalue weighted by Crippen LogP contribution is 2.57. The van der Waals surface area contributed by atoms with Crippen molar-refractivity contribution in [3.8, 4) is 0 Å².